The minimum Gasteiger partial charge on any atom is -0.485 e. The number of nitrogens with one attached hydrogen (secondary N) is 1. The average molecular weight is 532 g/mol. The summed E-state index contributed by atoms with van der Waals surface area (Å²) in [7, 11) is 0. The van der Waals surface area contributed by atoms with Gasteiger partial charge in [-0.2, -0.15) is 0 Å². The number of hydrogen-bond acceptors (Lipinski definition) is 6. The van der Waals surface area contributed by atoms with Gasteiger partial charge in [-0.05, 0) is 72.3 Å². The topological polar surface area (TPSA) is 98.1 Å². The molecule has 2 amide bonds. The zero-order chi connectivity index (χ0) is 27.4. The van der Waals surface area contributed by atoms with Gasteiger partial charge < -0.3 is 19.2 Å². The van der Waals surface area contributed by atoms with Crippen LogP contribution in [0.2, 0.25) is 0 Å². The third-order valence-corrected chi connectivity index (χ3v) is 5.97. The smallest absolute Gasteiger partial charge is 0.287 e. The van der Waals surface area contributed by atoms with Crippen LogP contribution >= 0.6 is 0 Å². The number of ether oxygens (including phenoxy) is 2. The van der Waals surface area contributed by atoms with E-state index in [4.69, 9.17) is 13.9 Å². The maximum absolute atomic E-state index is 13.1. The molecule has 10 heteroatoms. The molecule has 1 aliphatic rings. The number of furan rings is 1. The molecule has 2 heterocycles. The molecule has 1 aromatic heterocycles. The standard InChI is InChI=1S/C29H22F2N2O6/c30-20-4-1-18(2-5-20)14-32-29(36)27-12-10-23(39-27)15-33-24-13-19(3-11-26(24)38-17-28(33)35)25(34)16-37-22-8-6-21(31)7-9-22/h1-13H,14-17H2,(H,32,36). The fraction of sp³-hybridized carbons (Fsp3) is 0.138. The van der Waals surface area contributed by atoms with Crippen molar-refractivity contribution in [2.75, 3.05) is 18.1 Å². The number of hydrogen-bond donors (Lipinski definition) is 1. The fourth-order valence-electron chi connectivity index (χ4n) is 3.92. The summed E-state index contributed by atoms with van der Waals surface area (Å²) in [5.41, 5.74) is 1.39. The van der Waals surface area contributed by atoms with Gasteiger partial charge in [0.2, 0.25) is 0 Å². The van der Waals surface area contributed by atoms with Crippen LogP contribution in [0.5, 0.6) is 11.5 Å². The van der Waals surface area contributed by atoms with Crippen molar-refractivity contribution in [1.82, 2.24) is 5.32 Å². The van der Waals surface area contributed by atoms with Crippen LogP contribution in [-0.4, -0.2) is 30.8 Å². The second-order valence-corrected chi connectivity index (χ2v) is 8.69. The number of carbonyl (C=O) groups excluding carboxylic acids is 3. The van der Waals surface area contributed by atoms with E-state index in [1.54, 1.807) is 30.3 Å². The van der Waals surface area contributed by atoms with Crippen molar-refractivity contribution in [2.45, 2.75) is 13.1 Å². The predicted octanol–water partition coefficient (Wildman–Crippen LogP) is 4.68. The Bertz CT molecular complexity index is 1520. The number of carbonyl (C=O) groups is 3. The Morgan fingerprint density at radius 3 is 2.38 bits per heavy atom. The average Bonchev–Trinajstić information content (AvgIpc) is 3.42. The minimum atomic E-state index is -0.465. The van der Waals surface area contributed by atoms with Crippen molar-refractivity contribution < 1.29 is 37.1 Å². The third-order valence-electron chi connectivity index (χ3n) is 5.97. The van der Waals surface area contributed by atoms with Gasteiger partial charge in [0.15, 0.2) is 24.8 Å². The van der Waals surface area contributed by atoms with Crippen LogP contribution in [0.1, 0.15) is 32.2 Å². The third kappa shape index (κ3) is 6.12. The summed E-state index contributed by atoms with van der Waals surface area (Å²) in [6.45, 7) is -0.288. The first-order valence-corrected chi connectivity index (χ1v) is 12.0. The number of nitrogens with zero attached hydrogens (tertiary/aromatic N) is 1. The van der Waals surface area contributed by atoms with Crippen LogP contribution in [0.3, 0.4) is 0 Å². The summed E-state index contributed by atoms with van der Waals surface area (Å²) in [6, 6.07) is 18.8. The fourth-order valence-corrected chi connectivity index (χ4v) is 3.92. The number of Topliss-reactive ketones (excluding diaryl/α,β-unsaturated/α-hetero) is 1. The van der Waals surface area contributed by atoms with Gasteiger partial charge in [-0.25, -0.2) is 8.78 Å². The van der Waals surface area contributed by atoms with Crippen molar-refractivity contribution >= 4 is 23.3 Å². The first-order chi connectivity index (χ1) is 18.9. The van der Waals surface area contributed by atoms with E-state index < -0.39 is 11.7 Å². The number of anilines is 1. The van der Waals surface area contributed by atoms with Gasteiger partial charge >= 0.3 is 0 Å². The van der Waals surface area contributed by atoms with Crippen LogP contribution in [0.15, 0.2) is 83.3 Å². The second kappa shape index (κ2) is 11.2. The van der Waals surface area contributed by atoms with Crippen molar-refractivity contribution in [3.8, 4) is 11.5 Å². The van der Waals surface area contributed by atoms with E-state index >= 15 is 0 Å². The Morgan fingerprint density at radius 2 is 1.64 bits per heavy atom. The molecule has 0 spiro atoms. The highest BCUT2D eigenvalue weighted by molar-refractivity contribution is 6.02. The van der Waals surface area contributed by atoms with E-state index in [2.05, 4.69) is 5.32 Å². The van der Waals surface area contributed by atoms with Crippen molar-refractivity contribution in [3.05, 3.63) is 113 Å². The van der Waals surface area contributed by atoms with Gasteiger partial charge in [0, 0.05) is 12.1 Å². The number of benzene rings is 3. The molecule has 3 aromatic carbocycles. The van der Waals surface area contributed by atoms with Crippen LogP contribution in [0.4, 0.5) is 14.5 Å². The molecule has 0 atom stereocenters. The first kappa shape index (κ1) is 25.7. The summed E-state index contributed by atoms with van der Waals surface area (Å²) in [6.07, 6.45) is 0. The predicted molar refractivity (Wildman–Crippen MR) is 136 cm³/mol. The highest BCUT2D eigenvalue weighted by atomic mass is 19.1. The van der Waals surface area contributed by atoms with Gasteiger partial charge in [-0.1, -0.05) is 12.1 Å². The van der Waals surface area contributed by atoms with Crippen molar-refractivity contribution in [2.24, 2.45) is 0 Å². The largest absolute Gasteiger partial charge is 0.485 e. The van der Waals surface area contributed by atoms with Crippen LogP contribution in [-0.2, 0) is 17.9 Å². The Morgan fingerprint density at radius 1 is 0.923 bits per heavy atom. The Balaban J connectivity index is 1.25. The van der Waals surface area contributed by atoms with E-state index in [1.165, 1.54) is 53.4 Å². The molecule has 0 saturated heterocycles. The molecule has 4 aromatic rings. The van der Waals surface area contributed by atoms with E-state index in [-0.39, 0.29) is 49.6 Å². The lowest BCUT2D eigenvalue weighted by Crippen LogP contribution is -2.38. The maximum atomic E-state index is 13.1. The Kier molecular flexibility index (Phi) is 7.35. The molecule has 8 nitrogen and oxygen atoms in total. The van der Waals surface area contributed by atoms with Crippen LogP contribution in [0, 0.1) is 11.6 Å². The van der Waals surface area contributed by atoms with E-state index in [0.717, 1.165) is 5.56 Å². The molecular weight excluding hydrogens is 510 g/mol. The summed E-state index contributed by atoms with van der Waals surface area (Å²) in [5.74, 6) is -0.792. The van der Waals surface area contributed by atoms with Gasteiger partial charge in [0.1, 0.15) is 28.9 Å². The first-order valence-electron chi connectivity index (χ1n) is 12.0. The quantitative estimate of drug-likeness (QED) is 0.315. The highest BCUT2D eigenvalue weighted by Gasteiger charge is 2.28. The van der Waals surface area contributed by atoms with E-state index in [0.29, 0.717) is 28.5 Å². The van der Waals surface area contributed by atoms with Gasteiger partial charge in [0.25, 0.3) is 11.8 Å². The minimum absolute atomic E-state index is 0.00413. The molecule has 0 radical (unpaired) electrons. The molecule has 1 N–H and O–H groups in total. The summed E-state index contributed by atoms with van der Waals surface area (Å²) < 4.78 is 42.8. The SMILES string of the molecule is O=C(COc1ccc(F)cc1)c1ccc2c(c1)N(Cc1ccc(C(=O)NCc3ccc(F)cc3)o1)C(=O)CO2. The molecule has 0 fully saturated rings. The lowest BCUT2D eigenvalue weighted by molar-refractivity contribution is -0.121. The van der Waals surface area contributed by atoms with Crippen molar-refractivity contribution in [1.29, 1.82) is 0 Å². The second-order valence-electron chi connectivity index (χ2n) is 8.69. The number of fused-ring (bicyclic) bond motifs is 1. The Labute approximate surface area is 221 Å². The number of rotatable bonds is 9. The van der Waals surface area contributed by atoms with E-state index in [9.17, 15) is 23.2 Å². The maximum Gasteiger partial charge on any atom is 0.287 e. The van der Waals surface area contributed by atoms with Gasteiger partial charge in [0.05, 0.1) is 12.2 Å². The molecule has 0 bridgehead atoms. The normalized spacial score (nSPS) is 12.5. The lowest BCUT2D eigenvalue weighted by atomic mass is 10.1. The molecule has 0 aliphatic carbocycles. The van der Waals surface area contributed by atoms with Crippen LogP contribution in [0.25, 0.3) is 0 Å². The summed E-state index contributed by atoms with van der Waals surface area (Å²) in [4.78, 5) is 39.4. The van der Waals surface area contributed by atoms with E-state index in [1.807, 2.05) is 0 Å². The summed E-state index contributed by atoms with van der Waals surface area (Å²) >= 11 is 0. The molecule has 39 heavy (non-hydrogen) atoms. The van der Waals surface area contributed by atoms with Crippen molar-refractivity contribution in [3.63, 3.8) is 0 Å². The number of ketones is 1. The molecule has 0 saturated carbocycles. The van der Waals surface area contributed by atoms with Gasteiger partial charge in [-0.15, -0.1) is 0 Å². The highest BCUT2D eigenvalue weighted by Crippen LogP contribution is 2.34. The summed E-state index contributed by atoms with van der Waals surface area (Å²) in [5, 5.41) is 2.70. The molecule has 1 aliphatic heterocycles. The number of halogens is 2. The Hall–Kier alpha value is -4.99. The monoisotopic (exact) mass is 532 g/mol. The molecule has 0 unspecified atom stereocenters. The lowest BCUT2D eigenvalue weighted by Gasteiger charge is -2.29. The number of amides is 2. The van der Waals surface area contributed by atoms with Crippen LogP contribution < -0.4 is 19.7 Å². The van der Waals surface area contributed by atoms with Gasteiger partial charge in [-0.3, -0.25) is 19.3 Å². The molecular formula is C29H22F2N2O6. The molecule has 198 valence electrons. The molecule has 5 rings (SSSR count). The zero-order valence-corrected chi connectivity index (χ0v) is 20.5. The zero-order valence-electron chi connectivity index (χ0n) is 20.5.